The number of hydrogen-bond donors (Lipinski definition) is 1. The molecule has 361 valence electrons. The molecule has 4 aliphatic rings. The Bertz CT molecular complexity index is 2160. The van der Waals surface area contributed by atoms with Gasteiger partial charge >= 0.3 is 44.3 Å². The summed E-state index contributed by atoms with van der Waals surface area (Å²) in [6.45, 7) is 13.4. The van der Waals surface area contributed by atoms with Gasteiger partial charge in [0.1, 0.15) is 11.5 Å². The van der Waals surface area contributed by atoms with E-state index >= 15 is 0 Å². The zero-order valence-electron chi connectivity index (χ0n) is 41.3. The van der Waals surface area contributed by atoms with Crippen LogP contribution in [0.5, 0.6) is 11.5 Å². The van der Waals surface area contributed by atoms with Gasteiger partial charge in [0, 0.05) is 17.4 Å². The Labute approximate surface area is 440 Å². The average molecular weight is 1180 g/mol. The normalized spacial score (nSPS) is 17.8. The third-order valence-electron chi connectivity index (χ3n) is 13.5. The van der Waals surface area contributed by atoms with Gasteiger partial charge in [-0.2, -0.15) is 0 Å². The Morgan fingerprint density at radius 3 is 1.60 bits per heavy atom. The van der Waals surface area contributed by atoms with Gasteiger partial charge in [0.2, 0.25) is 0 Å². The predicted molar refractivity (Wildman–Crippen MR) is 287 cm³/mol. The summed E-state index contributed by atoms with van der Waals surface area (Å²) in [5, 5.41) is 5.25. The summed E-state index contributed by atoms with van der Waals surface area (Å²) < 4.78 is 11.6. The minimum absolute atomic E-state index is 0. The molecule has 2 N–H and O–H groups in total. The number of hydrogen-bond acceptors (Lipinski definition) is 4. The molecule has 9 heteroatoms. The molecule has 2 atom stereocenters. The van der Waals surface area contributed by atoms with Crippen molar-refractivity contribution >= 4 is 46.9 Å². The first-order chi connectivity index (χ1) is 32.6. The molecule has 4 aliphatic carbocycles. The van der Waals surface area contributed by atoms with Crippen LogP contribution in [0.2, 0.25) is 0 Å². The van der Waals surface area contributed by atoms with Crippen LogP contribution in [0.15, 0.2) is 78.9 Å². The van der Waals surface area contributed by atoms with Crippen LogP contribution in [-0.4, -0.2) is 36.2 Å². The zero-order chi connectivity index (χ0) is 47.9. The Hall–Kier alpha value is -1.84. The van der Waals surface area contributed by atoms with E-state index in [1.54, 1.807) is 25.8 Å². The molecular weight excluding hydrogens is 1110 g/mol. The molecule has 1 heterocycles. The number of pyridine rings is 1. The van der Waals surface area contributed by atoms with E-state index in [2.05, 4.69) is 117 Å². The molecule has 4 nitrogen and oxygen atoms in total. The van der Waals surface area contributed by atoms with Crippen LogP contribution in [0.25, 0.3) is 22.0 Å². The Kier molecular flexibility index (Phi) is 24.3. The second kappa shape index (κ2) is 29.0. The molecule has 9 rings (SSSR count). The van der Waals surface area contributed by atoms with Gasteiger partial charge in [0.05, 0.1) is 14.2 Å². The molecule has 4 fully saturated rings. The first kappa shape index (κ1) is 57.1. The quantitative estimate of drug-likeness (QED) is 0.0813. The number of aromatic nitrogens is 1. The molecular formula is C59H71ClFeN2O2OsP2+. The van der Waals surface area contributed by atoms with E-state index in [1.807, 2.05) is 75.4 Å². The van der Waals surface area contributed by atoms with Gasteiger partial charge in [-0.25, -0.2) is 0 Å². The number of ether oxygens (including phenoxy) is 2. The molecule has 0 bridgehead atoms. The Balaban J connectivity index is 0.000000263. The van der Waals surface area contributed by atoms with Crippen LogP contribution in [-0.2, 0) is 34.7 Å². The van der Waals surface area contributed by atoms with Crippen molar-refractivity contribution in [3.63, 3.8) is 0 Å². The SMILES string of the molecule is COc1c(C)cc(P([C]2[CH][CH][CH][C]2[C@@H](C)P(C2CCCCC2)C2CCCCC2)c2cc(C)c(OC)c(C)c2)cc1C.C[C@H](N)c1cccc(-c2[c-]cc3ccccc3c2)n1.[CH]1[CH][CH][CH][CH]1.[Cl][Os].[Fe+2]. The number of aryl methyl sites for hydroxylation is 4. The maximum Gasteiger partial charge on any atom is 2.00 e. The van der Waals surface area contributed by atoms with Crippen LogP contribution in [0, 0.1) is 96.7 Å². The summed E-state index contributed by atoms with van der Waals surface area (Å²) in [5.41, 5.74) is 17.7. The van der Waals surface area contributed by atoms with Crippen molar-refractivity contribution < 1.29 is 44.1 Å². The van der Waals surface area contributed by atoms with Crippen molar-refractivity contribution in [2.75, 3.05) is 14.2 Å². The van der Waals surface area contributed by atoms with Crippen LogP contribution in [0.3, 0.4) is 0 Å². The van der Waals surface area contributed by atoms with Crippen molar-refractivity contribution in [1.82, 2.24) is 4.98 Å². The Morgan fingerprint density at radius 2 is 1.13 bits per heavy atom. The number of nitrogens with zero attached hydrogens (tertiary/aromatic N) is 1. The summed E-state index contributed by atoms with van der Waals surface area (Å²) in [5.74, 6) is 3.66. The van der Waals surface area contributed by atoms with Crippen molar-refractivity contribution in [3.05, 3.63) is 176 Å². The number of benzene rings is 4. The molecule has 1 aromatic heterocycles. The van der Waals surface area contributed by atoms with E-state index in [4.69, 9.17) is 15.2 Å². The van der Waals surface area contributed by atoms with Gasteiger partial charge in [-0.1, -0.05) is 95.2 Å². The van der Waals surface area contributed by atoms with Gasteiger partial charge in [-0.05, 0) is 211 Å². The molecule has 0 aliphatic heterocycles. The second-order valence-electron chi connectivity index (χ2n) is 18.3. The largest absolute Gasteiger partial charge is 2.00 e. The maximum absolute atomic E-state index is 5.88. The number of nitrogens with two attached hydrogens (primary N) is 1. The average Bonchev–Trinajstić information content (AvgIpc) is 4.10. The van der Waals surface area contributed by atoms with Crippen LogP contribution in [0.1, 0.15) is 112 Å². The molecule has 0 spiro atoms. The molecule has 0 amide bonds. The zero-order valence-corrected chi connectivity index (χ0v) is 47.5. The summed E-state index contributed by atoms with van der Waals surface area (Å²) in [6.07, 6.45) is 31.8. The van der Waals surface area contributed by atoms with Crippen molar-refractivity contribution in [2.24, 2.45) is 5.73 Å². The monoisotopic (exact) mass is 1180 g/mol. The van der Waals surface area contributed by atoms with Crippen LogP contribution in [0.4, 0.5) is 0 Å². The van der Waals surface area contributed by atoms with Gasteiger partial charge in [-0.15, -0.1) is 29.1 Å². The standard InChI is InChI=1S/C37H51O2P2.C17H15N2.C5H5.ClH.Fe.Os/c1-25-21-32(22-26(2)36(25)38-6)41(33-23-27(3)37(39-7)28(4)24-33)35-20-14-19-34(35)29(5)40(30-15-10-8-11-16-30)31-17-12-9-13-18-31;1-12(18)16-7-4-8-17(19-16)15-10-9-13-5-2-3-6-14(13)11-15;1-2-4-5-3-1;;;/h14,19-24,29-31H,8-13,15-18H2,1-7H3;2-9,11-12H,18H2,1H3;1-5H;1H;;/q;-1;;;+2;+1/p-1/t29-;12-;;;;/m10..../s1. The fourth-order valence-corrected chi connectivity index (χ4v) is 17.8. The minimum Gasteiger partial charge on any atom is 2.00 e. The fraction of sp³-hybridized carbons (Fsp3) is 0.373. The fourth-order valence-electron chi connectivity index (χ4n) is 10.5. The summed E-state index contributed by atoms with van der Waals surface area (Å²) >= 11 is 1.33. The molecule has 5 aromatic rings. The van der Waals surface area contributed by atoms with Gasteiger partial charge in [-0.3, -0.25) is 4.98 Å². The van der Waals surface area contributed by atoms with Crippen molar-refractivity contribution in [1.29, 1.82) is 0 Å². The van der Waals surface area contributed by atoms with Gasteiger partial charge in [0.15, 0.2) is 0 Å². The van der Waals surface area contributed by atoms with Gasteiger partial charge < -0.3 is 15.2 Å². The number of fused-ring (bicyclic) bond motifs is 1. The molecule has 68 heavy (non-hydrogen) atoms. The van der Waals surface area contributed by atoms with E-state index in [-0.39, 0.29) is 31.0 Å². The van der Waals surface area contributed by atoms with E-state index in [1.165, 1.54) is 125 Å². The maximum atomic E-state index is 5.88. The summed E-state index contributed by atoms with van der Waals surface area (Å²) in [4.78, 5) is 4.59. The third-order valence-corrected chi connectivity index (χ3v) is 19.8. The van der Waals surface area contributed by atoms with Crippen molar-refractivity contribution in [2.45, 2.75) is 129 Å². The number of halogens is 1. The van der Waals surface area contributed by atoms with E-state index in [9.17, 15) is 0 Å². The van der Waals surface area contributed by atoms with E-state index in [0.29, 0.717) is 5.66 Å². The molecule has 10 radical (unpaired) electrons. The Morgan fingerprint density at radius 1 is 0.647 bits per heavy atom. The summed E-state index contributed by atoms with van der Waals surface area (Å²) in [6, 6.07) is 31.2. The minimum atomic E-state index is -0.722. The van der Waals surface area contributed by atoms with Crippen LogP contribution >= 0.6 is 25.5 Å². The third kappa shape index (κ3) is 14.9. The van der Waals surface area contributed by atoms with E-state index < -0.39 is 7.92 Å². The van der Waals surface area contributed by atoms with E-state index in [0.717, 1.165) is 39.8 Å². The van der Waals surface area contributed by atoms with Crippen molar-refractivity contribution in [3.8, 4) is 22.8 Å². The number of rotatable bonds is 11. The topological polar surface area (TPSA) is 57.4 Å². The first-order valence-corrected chi connectivity index (χ1v) is 30.2. The molecule has 0 saturated heterocycles. The molecule has 4 saturated carbocycles. The second-order valence-corrected chi connectivity index (χ2v) is 23.6. The first-order valence-electron chi connectivity index (χ1n) is 24.1. The molecule has 0 unspecified atom stereocenters. The number of methoxy groups -OCH3 is 2. The molecule has 4 aromatic carbocycles. The van der Waals surface area contributed by atoms with Gasteiger partial charge in [0.25, 0.3) is 0 Å². The predicted octanol–water partition coefficient (Wildman–Crippen LogP) is 15.1. The smallest absolute Gasteiger partial charge is 2.00 e. The summed E-state index contributed by atoms with van der Waals surface area (Å²) in [7, 11) is 7.48. The van der Waals surface area contributed by atoms with Crippen LogP contribution < -0.4 is 25.8 Å².